The Balaban J connectivity index is 2.22. The maximum absolute atomic E-state index is 12.3. The van der Waals surface area contributed by atoms with Crippen molar-refractivity contribution >= 4 is 34.8 Å². The van der Waals surface area contributed by atoms with E-state index in [9.17, 15) is 14.7 Å². The van der Waals surface area contributed by atoms with Crippen molar-refractivity contribution in [2.24, 2.45) is 0 Å². The quantitative estimate of drug-likeness (QED) is 0.856. The molecule has 0 aliphatic rings. The monoisotopic (exact) mass is 326 g/mol. The van der Waals surface area contributed by atoms with E-state index in [0.717, 1.165) is 6.42 Å². The molecule has 2 aromatic heterocycles. The van der Waals surface area contributed by atoms with Gasteiger partial charge in [0.25, 0.3) is 5.91 Å². The van der Waals surface area contributed by atoms with Gasteiger partial charge in [0.05, 0.1) is 5.02 Å². The molecular weight excluding hydrogens is 312 g/mol. The summed E-state index contributed by atoms with van der Waals surface area (Å²) in [5.74, 6) is -1.54. The zero-order valence-electron chi connectivity index (χ0n) is 11.4. The number of amides is 1. The Morgan fingerprint density at radius 1 is 1.52 bits per heavy atom. The molecule has 1 amide bonds. The van der Waals surface area contributed by atoms with E-state index in [1.807, 2.05) is 6.92 Å². The van der Waals surface area contributed by atoms with Crippen molar-refractivity contribution in [3.63, 3.8) is 0 Å². The molecule has 0 aliphatic carbocycles. The second kappa shape index (κ2) is 6.78. The first-order valence-electron chi connectivity index (χ1n) is 6.45. The second-order valence-electron chi connectivity index (χ2n) is 4.50. The van der Waals surface area contributed by atoms with Gasteiger partial charge in [-0.1, -0.05) is 24.6 Å². The topological polar surface area (TPSA) is 71.3 Å². The molecule has 0 fully saturated rings. The summed E-state index contributed by atoms with van der Waals surface area (Å²) in [5, 5.41) is 14.0. The molecule has 21 heavy (non-hydrogen) atoms. The third-order valence-electron chi connectivity index (χ3n) is 2.91. The number of rotatable bonds is 6. The van der Waals surface area contributed by atoms with Crippen molar-refractivity contribution in [2.75, 3.05) is 0 Å². The van der Waals surface area contributed by atoms with Crippen LogP contribution in [0.15, 0.2) is 29.8 Å². The summed E-state index contributed by atoms with van der Waals surface area (Å²) in [6.45, 7) is 2.63. The number of hydrogen-bond donors (Lipinski definition) is 2. The number of carboxylic acid groups (broad SMARTS) is 1. The van der Waals surface area contributed by atoms with E-state index in [0.29, 0.717) is 22.1 Å². The fourth-order valence-corrected chi connectivity index (χ4v) is 2.99. The van der Waals surface area contributed by atoms with Gasteiger partial charge in [0, 0.05) is 17.6 Å². The number of carbonyl (C=O) groups is 2. The molecule has 2 rings (SSSR count). The van der Waals surface area contributed by atoms with Gasteiger partial charge in [-0.15, -0.1) is 11.3 Å². The van der Waals surface area contributed by atoms with Gasteiger partial charge in [0.2, 0.25) is 0 Å². The molecule has 0 spiro atoms. The fourth-order valence-electron chi connectivity index (χ4n) is 2.01. The summed E-state index contributed by atoms with van der Waals surface area (Å²) in [4.78, 5) is 24.2. The molecule has 0 saturated heterocycles. The number of aliphatic carboxylic acids is 1. The zero-order valence-corrected chi connectivity index (χ0v) is 12.9. The second-order valence-corrected chi connectivity index (χ2v) is 5.91. The van der Waals surface area contributed by atoms with Crippen LogP contribution in [0.25, 0.3) is 0 Å². The number of thiophene rings is 1. The predicted molar refractivity (Wildman–Crippen MR) is 81.9 cm³/mol. The van der Waals surface area contributed by atoms with Gasteiger partial charge < -0.3 is 15.0 Å². The molecule has 5 nitrogen and oxygen atoms in total. The molecule has 2 heterocycles. The van der Waals surface area contributed by atoms with Crippen molar-refractivity contribution in [3.8, 4) is 0 Å². The van der Waals surface area contributed by atoms with Crippen LogP contribution in [0.1, 0.15) is 34.8 Å². The summed E-state index contributed by atoms with van der Waals surface area (Å²) in [5.41, 5.74) is 0.365. The Kier molecular flexibility index (Phi) is 5.03. The average molecular weight is 327 g/mol. The molecule has 0 aliphatic heterocycles. The number of carboxylic acids is 1. The molecule has 0 aromatic carbocycles. The van der Waals surface area contributed by atoms with E-state index in [1.165, 1.54) is 11.3 Å². The van der Waals surface area contributed by atoms with Crippen LogP contribution in [0.3, 0.4) is 0 Å². The smallest absolute Gasteiger partial charge is 0.331 e. The Hall–Kier alpha value is -1.79. The number of nitrogens with zero attached hydrogens (tertiary/aromatic N) is 1. The number of aryl methyl sites for hydroxylation is 1. The van der Waals surface area contributed by atoms with Gasteiger partial charge in [0.15, 0.2) is 6.04 Å². The summed E-state index contributed by atoms with van der Waals surface area (Å²) in [6, 6.07) is 3.92. The molecular formula is C14H15ClN2O3S. The van der Waals surface area contributed by atoms with E-state index >= 15 is 0 Å². The maximum Gasteiger partial charge on any atom is 0.331 e. The van der Waals surface area contributed by atoms with Gasteiger partial charge >= 0.3 is 5.97 Å². The summed E-state index contributed by atoms with van der Waals surface area (Å²) in [7, 11) is 0. The number of halogens is 1. The lowest BCUT2D eigenvalue weighted by Crippen LogP contribution is -2.34. The highest BCUT2D eigenvalue weighted by Gasteiger charge is 2.25. The summed E-state index contributed by atoms with van der Waals surface area (Å²) in [6.07, 6.45) is 2.51. The van der Waals surface area contributed by atoms with Gasteiger partial charge in [-0.2, -0.15) is 0 Å². The Bertz CT molecular complexity index is 637. The van der Waals surface area contributed by atoms with E-state index < -0.39 is 17.9 Å². The van der Waals surface area contributed by atoms with E-state index in [4.69, 9.17) is 11.6 Å². The maximum atomic E-state index is 12.3. The van der Waals surface area contributed by atoms with Gasteiger partial charge in [0.1, 0.15) is 5.69 Å². The van der Waals surface area contributed by atoms with Gasteiger partial charge in [-0.05, 0) is 23.9 Å². The normalized spacial score (nSPS) is 12.1. The predicted octanol–water partition coefficient (Wildman–Crippen LogP) is 3.17. The first kappa shape index (κ1) is 15.6. The van der Waals surface area contributed by atoms with Crippen molar-refractivity contribution in [3.05, 3.63) is 45.4 Å². The highest BCUT2D eigenvalue weighted by Crippen LogP contribution is 2.21. The fraction of sp³-hybridized carbons (Fsp3) is 0.286. The number of nitrogens with one attached hydrogen (secondary N) is 1. The molecule has 0 bridgehead atoms. The SMILES string of the molecule is CCCn1cc(Cl)cc1C(=O)NC(C(=O)O)c1cccs1. The zero-order chi connectivity index (χ0) is 15.4. The van der Waals surface area contributed by atoms with Crippen molar-refractivity contribution in [1.82, 2.24) is 9.88 Å². The Labute approximate surface area is 131 Å². The minimum atomic E-state index is -1.09. The van der Waals surface area contributed by atoms with E-state index in [2.05, 4.69) is 5.32 Å². The average Bonchev–Trinajstić information content (AvgIpc) is 3.05. The van der Waals surface area contributed by atoms with E-state index in [-0.39, 0.29) is 0 Å². The highest BCUT2D eigenvalue weighted by molar-refractivity contribution is 7.10. The number of carbonyl (C=O) groups excluding carboxylic acids is 1. The van der Waals surface area contributed by atoms with Gasteiger partial charge in [-0.25, -0.2) is 4.79 Å². The molecule has 7 heteroatoms. The molecule has 112 valence electrons. The first-order chi connectivity index (χ1) is 10.0. The largest absolute Gasteiger partial charge is 0.479 e. The van der Waals surface area contributed by atoms with Crippen molar-refractivity contribution < 1.29 is 14.7 Å². The number of aromatic nitrogens is 1. The van der Waals surface area contributed by atoms with Crippen LogP contribution in [0.2, 0.25) is 5.02 Å². The molecule has 1 unspecified atom stereocenters. The minimum absolute atomic E-state index is 0.365. The standard InChI is InChI=1S/C14H15ClN2O3S/c1-2-5-17-8-9(15)7-10(17)13(18)16-12(14(19)20)11-4-3-6-21-11/h3-4,6-8,12H,2,5H2,1H3,(H,16,18)(H,19,20). The Morgan fingerprint density at radius 2 is 2.29 bits per heavy atom. The lowest BCUT2D eigenvalue weighted by Gasteiger charge is -2.14. The van der Waals surface area contributed by atoms with Crippen LogP contribution in [-0.4, -0.2) is 21.6 Å². The van der Waals surface area contributed by atoms with Crippen LogP contribution >= 0.6 is 22.9 Å². The third-order valence-corrected chi connectivity index (χ3v) is 4.05. The van der Waals surface area contributed by atoms with Crippen molar-refractivity contribution in [1.29, 1.82) is 0 Å². The lowest BCUT2D eigenvalue weighted by atomic mass is 10.2. The minimum Gasteiger partial charge on any atom is -0.479 e. The van der Waals surface area contributed by atoms with E-state index in [1.54, 1.807) is 34.3 Å². The van der Waals surface area contributed by atoms with Crippen LogP contribution in [0.4, 0.5) is 0 Å². The lowest BCUT2D eigenvalue weighted by molar-refractivity contribution is -0.139. The molecule has 0 radical (unpaired) electrons. The molecule has 2 aromatic rings. The number of hydrogen-bond acceptors (Lipinski definition) is 3. The van der Waals surface area contributed by atoms with Crippen LogP contribution in [0, 0.1) is 0 Å². The molecule has 2 N–H and O–H groups in total. The van der Waals surface area contributed by atoms with Crippen molar-refractivity contribution in [2.45, 2.75) is 25.9 Å². The third kappa shape index (κ3) is 3.65. The summed E-state index contributed by atoms with van der Waals surface area (Å²) >= 11 is 7.22. The summed E-state index contributed by atoms with van der Waals surface area (Å²) < 4.78 is 1.73. The molecule has 1 atom stereocenters. The van der Waals surface area contributed by atoms with Crippen LogP contribution in [0.5, 0.6) is 0 Å². The van der Waals surface area contributed by atoms with Gasteiger partial charge in [-0.3, -0.25) is 4.79 Å². The highest BCUT2D eigenvalue weighted by atomic mass is 35.5. The van der Waals surface area contributed by atoms with Crippen LogP contribution in [-0.2, 0) is 11.3 Å². The van der Waals surface area contributed by atoms with Crippen LogP contribution < -0.4 is 5.32 Å². The Morgan fingerprint density at radius 3 is 2.86 bits per heavy atom. The molecule has 0 saturated carbocycles. The first-order valence-corrected chi connectivity index (χ1v) is 7.71.